The molecule has 6 heteroatoms. The van der Waals surface area contributed by atoms with Crippen LogP contribution in [-0.2, 0) is 17.9 Å². The highest BCUT2D eigenvalue weighted by atomic mass is 16.2. The Kier molecular flexibility index (Phi) is 3.96. The van der Waals surface area contributed by atoms with Gasteiger partial charge < -0.3 is 10.6 Å². The zero-order valence-electron chi connectivity index (χ0n) is 11.0. The van der Waals surface area contributed by atoms with Gasteiger partial charge in [-0.3, -0.25) is 4.79 Å². The van der Waals surface area contributed by atoms with Crippen molar-refractivity contribution in [3.63, 3.8) is 0 Å². The van der Waals surface area contributed by atoms with Crippen molar-refractivity contribution in [3.8, 4) is 0 Å². The third-order valence-corrected chi connectivity index (χ3v) is 3.31. The van der Waals surface area contributed by atoms with Gasteiger partial charge >= 0.3 is 0 Å². The van der Waals surface area contributed by atoms with E-state index in [1.165, 1.54) is 6.42 Å². The fourth-order valence-electron chi connectivity index (χ4n) is 2.61. The molecule has 2 unspecified atom stereocenters. The smallest absolute Gasteiger partial charge is 0.244 e. The van der Waals surface area contributed by atoms with Crippen LogP contribution in [0.2, 0.25) is 0 Å². The molecule has 1 aromatic rings. The van der Waals surface area contributed by atoms with E-state index in [1.807, 2.05) is 4.90 Å². The van der Waals surface area contributed by atoms with Crippen LogP contribution in [0.4, 0.5) is 0 Å². The molecule has 18 heavy (non-hydrogen) atoms. The Balaban J connectivity index is 1.94. The molecule has 0 bridgehead atoms. The van der Waals surface area contributed by atoms with E-state index in [2.05, 4.69) is 24.2 Å². The Labute approximate surface area is 107 Å². The van der Waals surface area contributed by atoms with E-state index in [1.54, 1.807) is 10.9 Å². The topological polar surface area (TPSA) is 77.0 Å². The molecule has 6 nitrogen and oxygen atoms in total. The maximum atomic E-state index is 12.2. The first-order chi connectivity index (χ1) is 8.58. The van der Waals surface area contributed by atoms with E-state index < -0.39 is 0 Å². The Morgan fingerprint density at radius 3 is 2.67 bits per heavy atom. The molecule has 2 atom stereocenters. The summed E-state index contributed by atoms with van der Waals surface area (Å²) in [6, 6.07) is 0. The van der Waals surface area contributed by atoms with Crippen LogP contribution < -0.4 is 5.73 Å². The summed E-state index contributed by atoms with van der Waals surface area (Å²) in [6.07, 6.45) is 2.93. The van der Waals surface area contributed by atoms with Crippen LogP contribution in [0.5, 0.6) is 0 Å². The van der Waals surface area contributed by atoms with Crippen molar-refractivity contribution < 1.29 is 4.79 Å². The lowest BCUT2D eigenvalue weighted by Gasteiger charge is -2.34. The van der Waals surface area contributed by atoms with E-state index >= 15 is 0 Å². The molecule has 1 aliphatic rings. The highest BCUT2D eigenvalue weighted by molar-refractivity contribution is 5.76. The molecule has 1 fully saturated rings. The van der Waals surface area contributed by atoms with Crippen molar-refractivity contribution >= 4 is 5.91 Å². The average molecular weight is 251 g/mol. The predicted molar refractivity (Wildman–Crippen MR) is 67.4 cm³/mol. The van der Waals surface area contributed by atoms with Crippen LogP contribution in [0.3, 0.4) is 0 Å². The minimum Gasteiger partial charge on any atom is -0.341 e. The monoisotopic (exact) mass is 251 g/mol. The summed E-state index contributed by atoms with van der Waals surface area (Å²) in [5.41, 5.74) is 6.17. The van der Waals surface area contributed by atoms with Gasteiger partial charge in [-0.15, -0.1) is 5.10 Å². The van der Waals surface area contributed by atoms with E-state index in [0.29, 0.717) is 24.1 Å². The van der Waals surface area contributed by atoms with Gasteiger partial charge in [0.05, 0.1) is 11.9 Å². The SMILES string of the molecule is CC1CC(C)CN(C(=O)Cn2cc(CN)nn2)C1. The summed E-state index contributed by atoms with van der Waals surface area (Å²) in [5.74, 6) is 1.27. The van der Waals surface area contributed by atoms with Crippen molar-refractivity contribution in [2.45, 2.75) is 33.4 Å². The molecule has 0 aromatic carbocycles. The Morgan fingerprint density at radius 2 is 2.11 bits per heavy atom. The standard InChI is InChI=1S/C12H21N5O/c1-9-3-10(2)6-16(5-9)12(18)8-17-7-11(4-13)14-15-17/h7,9-10H,3-6,8,13H2,1-2H3. The van der Waals surface area contributed by atoms with Crippen LogP contribution in [0, 0.1) is 11.8 Å². The molecule has 1 amide bonds. The molecule has 100 valence electrons. The molecule has 1 aliphatic heterocycles. The van der Waals surface area contributed by atoms with Crippen LogP contribution in [0.15, 0.2) is 6.20 Å². The number of hydrogen-bond acceptors (Lipinski definition) is 4. The number of carbonyl (C=O) groups is 1. The van der Waals surface area contributed by atoms with Crippen LogP contribution >= 0.6 is 0 Å². The fourth-order valence-corrected chi connectivity index (χ4v) is 2.61. The number of piperidine rings is 1. The van der Waals surface area contributed by atoms with Gasteiger partial charge in [0.25, 0.3) is 0 Å². The normalized spacial score (nSPS) is 24.3. The van der Waals surface area contributed by atoms with Gasteiger partial charge in [0.1, 0.15) is 6.54 Å². The van der Waals surface area contributed by atoms with Crippen molar-refractivity contribution in [1.82, 2.24) is 19.9 Å². The zero-order valence-corrected chi connectivity index (χ0v) is 11.0. The number of nitrogens with zero attached hydrogens (tertiary/aromatic N) is 4. The minimum absolute atomic E-state index is 0.113. The molecule has 0 spiro atoms. The van der Waals surface area contributed by atoms with Crippen molar-refractivity contribution in [2.75, 3.05) is 13.1 Å². The molecular formula is C12H21N5O. The molecule has 0 aliphatic carbocycles. The molecular weight excluding hydrogens is 230 g/mol. The number of likely N-dealkylation sites (tertiary alicyclic amines) is 1. The van der Waals surface area contributed by atoms with E-state index in [4.69, 9.17) is 5.73 Å². The first kappa shape index (κ1) is 13.0. The van der Waals surface area contributed by atoms with Crippen molar-refractivity contribution in [1.29, 1.82) is 0 Å². The summed E-state index contributed by atoms with van der Waals surface area (Å²) in [5, 5.41) is 7.78. The number of aromatic nitrogens is 3. The van der Waals surface area contributed by atoms with Crippen LogP contribution in [-0.4, -0.2) is 38.9 Å². The number of nitrogens with two attached hydrogens (primary N) is 1. The van der Waals surface area contributed by atoms with E-state index in [0.717, 1.165) is 13.1 Å². The third-order valence-electron chi connectivity index (χ3n) is 3.31. The molecule has 2 N–H and O–H groups in total. The number of amides is 1. The van der Waals surface area contributed by atoms with Gasteiger partial charge in [-0.05, 0) is 18.3 Å². The van der Waals surface area contributed by atoms with Gasteiger partial charge in [-0.1, -0.05) is 19.1 Å². The molecule has 0 radical (unpaired) electrons. The highest BCUT2D eigenvalue weighted by Crippen LogP contribution is 2.21. The van der Waals surface area contributed by atoms with Crippen molar-refractivity contribution in [2.24, 2.45) is 17.6 Å². The van der Waals surface area contributed by atoms with Crippen LogP contribution in [0.1, 0.15) is 26.0 Å². The maximum absolute atomic E-state index is 12.2. The lowest BCUT2D eigenvalue weighted by atomic mass is 9.92. The zero-order chi connectivity index (χ0) is 13.1. The molecule has 1 saturated heterocycles. The second kappa shape index (κ2) is 5.48. The Bertz CT molecular complexity index is 406. The van der Waals surface area contributed by atoms with Gasteiger partial charge in [-0.25, -0.2) is 4.68 Å². The predicted octanol–water partition coefficient (Wildman–Crippen LogP) is 0.241. The third kappa shape index (κ3) is 3.07. The summed E-state index contributed by atoms with van der Waals surface area (Å²) in [4.78, 5) is 14.1. The summed E-state index contributed by atoms with van der Waals surface area (Å²) in [7, 11) is 0. The highest BCUT2D eigenvalue weighted by Gasteiger charge is 2.25. The molecule has 2 heterocycles. The van der Waals surface area contributed by atoms with Gasteiger partial charge in [-0.2, -0.15) is 0 Å². The van der Waals surface area contributed by atoms with E-state index in [-0.39, 0.29) is 12.5 Å². The van der Waals surface area contributed by atoms with E-state index in [9.17, 15) is 4.79 Å². The van der Waals surface area contributed by atoms with Crippen molar-refractivity contribution in [3.05, 3.63) is 11.9 Å². The second-order valence-corrected chi connectivity index (χ2v) is 5.36. The van der Waals surface area contributed by atoms with Gasteiger partial charge in [0.15, 0.2) is 0 Å². The summed E-state index contributed by atoms with van der Waals surface area (Å²) >= 11 is 0. The average Bonchev–Trinajstić information content (AvgIpc) is 2.75. The summed E-state index contributed by atoms with van der Waals surface area (Å²) < 4.78 is 1.56. The van der Waals surface area contributed by atoms with Gasteiger partial charge in [0.2, 0.25) is 5.91 Å². The lowest BCUT2D eigenvalue weighted by Crippen LogP contribution is -2.44. The summed E-state index contributed by atoms with van der Waals surface area (Å²) in [6.45, 7) is 6.69. The fraction of sp³-hybridized carbons (Fsp3) is 0.750. The minimum atomic E-state index is 0.113. The first-order valence-corrected chi connectivity index (χ1v) is 6.45. The second-order valence-electron chi connectivity index (χ2n) is 5.36. The number of rotatable bonds is 3. The van der Waals surface area contributed by atoms with Gasteiger partial charge in [0, 0.05) is 19.6 Å². The molecule has 0 saturated carbocycles. The first-order valence-electron chi connectivity index (χ1n) is 6.45. The van der Waals surface area contributed by atoms with Crippen LogP contribution in [0.25, 0.3) is 0 Å². The lowest BCUT2D eigenvalue weighted by molar-refractivity contribution is -0.134. The molecule has 2 rings (SSSR count). The molecule has 1 aromatic heterocycles. The Morgan fingerprint density at radius 1 is 1.44 bits per heavy atom. The Hall–Kier alpha value is -1.43. The number of hydrogen-bond donors (Lipinski definition) is 1. The quantitative estimate of drug-likeness (QED) is 0.835. The largest absolute Gasteiger partial charge is 0.341 e. The number of carbonyl (C=O) groups excluding carboxylic acids is 1. The maximum Gasteiger partial charge on any atom is 0.244 e.